The number of fused-ring (bicyclic) bond motifs is 2. The van der Waals surface area contributed by atoms with Crippen LogP contribution in [-0.4, -0.2) is 60.8 Å². The van der Waals surface area contributed by atoms with E-state index in [9.17, 15) is 25.9 Å². The van der Waals surface area contributed by atoms with Gasteiger partial charge in [-0.3, -0.25) is 4.55 Å². The summed E-state index contributed by atoms with van der Waals surface area (Å²) in [5, 5.41) is 0. The van der Waals surface area contributed by atoms with Crippen molar-refractivity contribution in [2.75, 3.05) is 41.0 Å². The van der Waals surface area contributed by atoms with Crippen LogP contribution in [0.15, 0.2) is 114 Å². The van der Waals surface area contributed by atoms with Gasteiger partial charge >= 0.3 is 29.6 Å². The van der Waals surface area contributed by atoms with Gasteiger partial charge in [0.05, 0.1) is 32.7 Å². The molecule has 3 aliphatic rings. The minimum Gasteiger partial charge on any atom is -0.748 e. The number of ether oxygens (including phenoxy) is 1. The van der Waals surface area contributed by atoms with Crippen molar-refractivity contribution in [2.45, 2.75) is 70.6 Å². The first-order chi connectivity index (χ1) is 25.9. The molecule has 2 heterocycles. The Hall–Kier alpha value is -3.69. The van der Waals surface area contributed by atoms with Gasteiger partial charge < -0.3 is 25.7 Å². The Morgan fingerprint density at radius 2 is 1.55 bits per heavy atom. The van der Waals surface area contributed by atoms with E-state index < -0.39 is 36.8 Å². The van der Waals surface area contributed by atoms with E-state index >= 15 is 0 Å². The second kappa shape index (κ2) is 17.0. The van der Waals surface area contributed by atoms with E-state index in [0.717, 1.165) is 64.3 Å². The summed E-state index contributed by atoms with van der Waals surface area (Å²) in [5.74, 6) is 0.445. The molecule has 56 heavy (non-hydrogen) atoms. The topological polar surface area (TPSA) is 179 Å². The SMILES string of the molecule is CC1(C)C(=CC=C2CCCC(C=CC3=[N+](CCCS(=O)(=O)[O-])c4ccccc4C3(C)C)=C2Oc2ccc(N)c(N)c2)N(CCCS(=O)(=O)O)c2ccccc21.[Na+]. The van der Waals surface area contributed by atoms with E-state index in [-0.39, 0.29) is 48.2 Å². The molecule has 0 spiro atoms. The van der Waals surface area contributed by atoms with Crippen LogP contribution >= 0.6 is 0 Å². The molecule has 11 nitrogen and oxygen atoms in total. The zero-order valence-electron chi connectivity index (χ0n) is 32.8. The van der Waals surface area contributed by atoms with Crippen LogP contribution < -0.4 is 50.7 Å². The average Bonchev–Trinajstić information content (AvgIpc) is 3.46. The minimum atomic E-state index is -4.36. The van der Waals surface area contributed by atoms with E-state index in [1.165, 1.54) is 0 Å². The van der Waals surface area contributed by atoms with Gasteiger partial charge in [-0.2, -0.15) is 13.0 Å². The molecule has 3 aromatic rings. The van der Waals surface area contributed by atoms with Gasteiger partial charge in [0.15, 0.2) is 5.71 Å². The van der Waals surface area contributed by atoms with Crippen molar-refractivity contribution in [3.05, 3.63) is 125 Å². The number of para-hydroxylation sites is 2. The van der Waals surface area contributed by atoms with E-state index in [0.29, 0.717) is 36.0 Å². The molecule has 1 aliphatic carbocycles. The molecule has 6 rings (SSSR count). The minimum absolute atomic E-state index is 0. The van der Waals surface area contributed by atoms with Crippen LogP contribution in [0.4, 0.5) is 22.7 Å². The van der Waals surface area contributed by atoms with Crippen LogP contribution in [0.1, 0.15) is 70.9 Å². The standard InChI is InChI=1S/C42H50N4O7S2.Na/c1-41(2)32-14-5-7-16-36(32)45(24-10-26-54(47,48)49)38(41)22-18-29-12-9-13-30(40(29)53-31-20-21-34(43)35(44)28-31)19-23-39-42(3,4)33-15-6-8-17-37(33)46(39)25-11-27-55(50,51)52;/h5-8,14-23,28H,9-13,24-27,43-44H2,1-4H3,(H-,47,48,49,50,51,52);/q;+1. The van der Waals surface area contributed by atoms with Crippen LogP contribution in [0.5, 0.6) is 5.75 Å². The molecular weight excluding hydrogens is 760 g/mol. The van der Waals surface area contributed by atoms with E-state index in [2.05, 4.69) is 73.6 Å². The fourth-order valence-corrected chi connectivity index (χ4v) is 8.99. The quantitative estimate of drug-likeness (QED) is 0.0985. The summed E-state index contributed by atoms with van der Waals surface area (Å²) < 4.78 is 76.0. The summed E-state index contributed by atoms with van der Waals surface area (Å²) in [4.78, 5) is 2.13. The molecule has 0 amide bonds. The second-order valence-electron chi connectivity index (χ2n) is 15.4. The molecular formula is C42H50N4NaO7S2+. The molecule has 3 aromatic carbocycles. The third kappa shape index (κ3) is 9.53. The largest absolute Gasteiger partial charge is 1.00 e. The van der Waals surface area contributed by atoms with E-state index in [1.54, 1.807) is 18.2 Å². The molecule has 0 saturated heterocycles. The summed E-state index contributed by atoms with van der Waals surface area (Å²) in [7, 11) is -8.47. The summed E-state index contributed by atoms with van der Waals surface area (Å²) in [6, 6.07) is 21.3. The average molecular weight is 810 g/mol. The number of nitrogen functional groups attached to an aromatic ring is 2. The zero-order chi connectivity index (χ0) is 39.8. The number of benzene rings is 3. The van der Waals surface area contributed by atoms with Crippen molar-refractivity contribution in [3.63, 3.8) is 0 Å². The van der Waals surface area contributed by atoms with Crippen molar-refractivity contribution in [3.8, 4) is 5.75 Å². The first kappa shape index (κ1) is 43.4. The Morgan fingerprint density at radius 3 is 2.25 bits per heavy atom. The molecule has 2 aliphatic heterocycles. The number of allylic oxidation sites excluding steroid dienone is 7. The van der Waals surface area contributed by atoms with Gasteiger partial charge in [0.1, 0.15) is 18.1 Å². The van der Waals surface area contributed by atoms with Gasteiger partial charge in [-0.25, -0.2) is 8.42 Å². The van der Waals surface area contributed by atoms with Gasteiger partial charge in [0.2, 0.25) is 5.69 Å². The second-order valence-corrected chi connectivity index (χ2v) is 18.5. The summed E-state index contributed by atoms with van der Waals surface area (Å²) in [6.45, 7) is 9.35. The Morgan fingerprint density at radius 1 is 0.857 bits per heavy atom. The van der Waals surface area contributed by atoms with E-state index in [4.69, 9.17) is 16.2 Å². The zero-order valence-corrected chi connectivity index (χ0v) is 36.4. The van der Waals surface area contributed by atoms with Gasteiger partial charge in [-0.15, -0.1) is 0 Å². The third-order valence-corrected chi connectivity index (χ3v) is 12.4. The molecule has 5 N–H and O–H groups in total. The molecule has 14 heteroatoms. The molecule has 0 radical (unpaired) electrons. The molecule has 0 fully saturated rings. The fourth-order valence-electron chi connectivity index (χ4n) is 8.01. The van der Waals surface area contributed by atoms with Crippen molar-refractivity contribution in [1.29, 1.82) is 0 Å². The number of hydrogen-bond donors (Lipinski definition) is 3. The first-order valence-electron chi connectivity index (χ1n) is 18.5. The predicted molar refractivity (Wildman–Crippen MR) is 218 cm³/mol. The number of nitrogens with two attached hydrogens (primary N) is 2. The molecule has 0 saturated carbocycles. The van der Waals surface area contributed by atoms with Crippen LogP contribution in [0.2, 0.25) is 0 Å². The summed E-state index contributed by atoms with van der Waals surface area (Å²) in [5.41, 5.74) is 20.4. The van der Waals surface area contributed by atoms with Gasteiger partial charge in [-0.05, 0) is 86.6 Å². The van der Waals surface area contributed by atoms with Gasteiger partial charge in [0.25, 0.3) is 10.1 Å². The first-order valence-corrected chi connectivity index (χ1v) is 21.7. The maximum atomic E-state index is 11.6. The molecule has 0 aromatic heterocycles. The predicted octanol–water partition coefficient (Wildman–Crippen LogP) is 4.13. The number of rotatable bonds is 13. The van der Waals surface area contributed by atoms with E-state index in [1.807, 2.05) is 36.4 Å². The molecule has 0 bridgehead atoms. The molecule has 292 valence electrons. The van der Waals surface area contributed by atoms with Crippen LogP contribution in [0.3, 0.4) is 0 Å². The van der Waals surface area contributed by atoms with Crippen molar-refractivity contribution in [1.82, 2.24) is 0 Å². The molecule has 0 atom stereocenters. The van der Waals surface area contributed by atoms with Gasteiger partial charge in [0, 0.05) is 59.3 Å². The Labute approximate surface area is 353 Å². The van der Waals surface area contributed by atoms with Crippen LogP contribution in [-0.2, 0) is 31.1 Å². The number of hydrogen-bond acceptors (Lipinski definition) is 9. The van der Waals surface area contributed by atoms with Crippen LogP contribution in [0, 0.1) is 0 Å². The number of anilines is 3. The van der Waals surface area contributed by atoms with Crippen LogP contribution in [0.25, 0.3) is 0 Å². The maximum Gasteiger partial charge on any atom is 1.00 e. The normalized spacial score (nSPS) is 19.1. The molecule has 0 unspecified atom stereocenters. The smallest absolute Gasteiger partial charge is 0.748 e. The Balaban J connectivity index is 0.00000600. The monoisotopic (exact) mass is 809 g/mol. The Bertz CT molecular complexity index is 2380. The van der Waals surface area contributed by atoms with Gasteiger partial charge in [-0.1, -0.05) is 56.3 Å². The van der Waals surface area contributed by atoms with Crippen molar-refractivity contribution in [2.24, 2.45) is 0 Å². The fraction of sp³-hybridized carbons (Fsp3) is 0.357. The summed E-state index contributed by atoms with van der Waals surface area (Å²) in [6.07, 6.45) is 11.1. The summed E-state index contributed by atoms with van der Waals surface area (Å²) >= 11 is 0. The Kier molecular flexibility index (Phi) is 13.2. The van der Waals surface area contributed by atoms with Crippen molar-refractivity contribution >= 4 is 48.7 Å². The third-order valence-electron chi connectivity index (χ3n) is 10.8. The van der Waals surface area contributed by atoms with Crippen molar-refractivity contribution < 1.29 is 64.8 Å². The number of nitrogens with zero attached hydrogens (tertiary/aromatic N) is 2. The maximum absolute atomic E-state index is 11.6.